The lowest BCUT2D eigenvalue weighted by Gasteiger charge is -2.10. The van der Waals surface area contributed by atoms with Crippen LogP contribution in [0.2, 0.25) is 0 Å². The van der Waals surface area contributed by atoms with Gasteiger partial charge in [0.2, 0.25) is 0 Å². The average molecular weight is 390 g/mol. The van der Waals surface area contributed by atoms with Gasteiger partial charge in [0.05, 0.1) is 5.75 Å². The fourth-order valence-corrected chi connectivity index (χ4v) is 3.55. The average Bonchev–Trinajstić information content (AvgIpc) is 3.18. The summed E-state index contributed by atoms with van der Waals surface area (Å²) in [5.41, 5.74) is 2.19. The second-order valence-electron chi connectivity index (χ2n) is 5.94. The molecule has 0 aliphatic rings. The summed E-state index contributed by atoms with van der Waals surface area (Å²) < 4.78 is 15.0. The van der Waals surface area contributed by atoms with Crippen LogP contribution >= 0.6 is 11.8 Å². The van der Waals surface area contributed by atoms with Crippen molar-refractivity contribution >= 4 is 17.5 Å². The van der Waals surface area contributed by atoms with Crippen LogP contribution in [-0.4, -0.2) is 31.3 Å². The SMILES string of the molecule is O=C(CSc1nnc(-c2cccnc2)n1-c1ccccc1)c1ccc(F)cc1. The zero-order valence-corrected chi connectivity index (χ0v) is 15.5. The number of nitrogens with zero attached hydrogens (tertiary/aromatic N) is 4. The second-order valence-corrected chi connectivity index (χ2v) is 6.88. The lowest BCUT2D eigenvalue weighted by molar-refractivity contribution is 0.102. The van der Waals surface area contributed by atoms with Crippen molar-refractivity contribution in [1.29, 1.82) is 0 Å². The standard InChI is InChI=1S/C21H15FN4OS/c22-17-10-8-15(9-11-17)19(27)14-28-21-25-24-20(16-5-4-12-23-13-16)26(21)18-6-2-1-3-7-18/h1-13H,14H2. The summed E-state index contributed by atoms with van der Waals surface area (Å²) in [7, 11) is 0. The minimum absolute atomic E-state index is 0.101. The minimum Gasteiger partial charge on any atom is -0.293 e. The highest BCUT2D eigenvalue weighted by Crippen LogP contribution is 2.28. The number of halogens is 1. The van der Waals surface area contributed by atoms with Crippen molar-refractivity contribution in [2.24, 2.45) is 0 Å². The predicted molar refractivity (Wildman–Crippen MR) is 106 cm³/mol. The molecular weight excluding hydrogens is 375 g/mol. The number of hydrogen-bond donors (Lipinski definition) is 0. The van der Waals surface area contributed by atoms with Crippen LogP contribution in [0.15, 0.2) is 84.3 Å². The third-order valence-electron chi connectivity index (χ3n) is 4.07. The molecule has 0 fully saturated rings. The first-order valence-corrected chi connectivity index (χ1v) is 9.54. The zero-order chi connectivity index (χ0) is 19.3. The number of carbonyl (C=O) groups is 1. The molecule has 5 nitrogen and oxygen atoms in total. The third-order valence-corrected chi connectivity index (χ3v) is 4.99. The molecule has 138 valence electrons. The van der Waals surface area contributed by atoms with Gasteiger partial charge in [-0.3, -0.25) is 14.3 Å². The van der Waals surface area contributed by atoms with Gasteiger partial charge in [-0.25, -0.2) is 4.39 Å². The van der Waals surface area contributed by atoms with Crippen molar-refractivity contribution in [1.82, 2.24) is 19.7 Å². The first-order chi connectivity index (χ1) is 13.7. The Morgan fingerprint density at radius 2 is 1.75 bits per heavy atom. The molecule has 0 saturated heterocycles. The monoisotopic (exact) mass is 390 g/mol. The van der Waals surface area contributed by atoms with Gasteiger partial charge < -0.3 is 0 Å². The van der Waals surface area contributed by atoms with Crippen molar-refractivity contribution in [3.8, 4) is 17.1 Å². The van der Waals surface area contributed by atoms with E-state index in [-0.39, 0.29) is 17.4 Å². The van der Waals surface area contributed by atoms with Crippen LogP contribution in [-0.2, 0) is 0 Å². The summed E-state index contributed by atoms with van der Waals surface area (Å²) in [4.78, 5) is 16.6. The highest BCUT2D eigenvalue weighted by Gasteiger charge is 2.17. The van der Waals surface area contributed by atoms with E-state index < -0.39 is 0 Å². The molecule has 7 heteroatoms. The fourth-order valence-electron chi connectivity index (χ4n) is 2.70. The van der Waals surface area contributed by atoms with E-state index in [9.17, 15) is 9.18 Å². The van der Waals surface area contributed by atoms with Crippen molar-refractivity contribution < 1.29 is 9.18 Å². The van der Waals surface area contributed by atoms with E-state index >= 15 is 0 Å². The second kappa shape index (κ2) is 8.14. The van der Waals surface area contributed by atoms with Crippen molar-refractivity contribution in [2.75, 3.05) is 5.75 Å². The van der Waals surface area contributed by atoms with Gasteiger partial charge in [-0.2, -0.15) is 0 Å². The van der Waals surface area contributed by atoms with Crippen LogP contribution in [0.4, 0.5) is 4.39 Å². The number of carbonyl (C=O) groups excluding carboxylic acids is 1. The smallest absolute Gasteiger partial charge is 0.196 e. The maximum atomic E-state index is 13.1. The number of hydrogen-bond acceptors (Lipinski definition) is 5. The molecule has 0 spiro atoms. The topological polar surface area (TPSA) is 60.7 Å². The molecule has 2 aromatic heterocycles. The molecule has 0 bridgehead atoms. The Balaban J connectivity index is 1.65. The summed E-state index contributed by atoms with van der Waals surface area (Å²) in [5.74, 6) is 0.351. The molecule has 0 saturated carbocycles. The Bertz CT molecular complexity index is 1080. The number of pyridine rings is 1. The molecule has 2 aromatic carbocycles. The van der Waals surface area contributed by atoms with E-state index in [1.807, 2.05) is 47.0 Å². The van der Waals surface area contributed by atoms with E-state index in [1.54, 1.807) is 12.4 Å². The van der Waals surface area contributed by atoms with Gasteiger partial charge in [0.25, 0.3) is 0 Å². The molecule has 2 heterocycles. The van der Waals surface area contributed by atoms with Crippen LogP contribution < -0.4 is 0 Å². The molecular formula is C21H15FN4OS. The number of para-hydroxylation sites is 1. The van der Waals surface area contributed by atoms with Gasteiger partial charge in [-0.1, -0.05) is 30.0 Å². The normalized spacial score (nSPS) is 10.8. The maximum Gasteiger partial charge on any atom is 0.196 e. The summed E-state index contributed by atoms with van der Waals surface area (Å²) >= 11 is 1.29. The first kappa shape index (κ1) is 18.1. The molecule has 0 aliphatic carbocycles. The van der Waals surface area contributed by atoms with E-state index in [0.717, 1.165) is 11.3 Å². The molecule has 0 amide bonds. The lowest BCUT2D eigenvalue weighted by atomic mass is 10.1. The van der Waals surface area contributed by atoms with Gasteiger partial charge in [-0.05, 0) is 48.5 Å². The summed E-state index contributed by atoms with van der Waals surface area (Å²) in [6, 6.07) is 19.0. The number of aromatic nitrogens is 4. The number of thioether (sulfide) groups is 1. The van der Waals surface area contributed by atoms with Gasteiger partial charge in [0, 0.05) is 29.2 Å². The quantitative estimate of drug-likeness (QED) is 0.360. The lowest BCUT2D eigenvalue weighted by Crippen LogP contribution is -2.05. The Kier molecular flexibility index (Phi) is 5.25. The molecule has 0 atom stereocenters. The Labute approximate surface area is 165 Å². The van der Waals surface area contributed by atoms with E-state index in [1.165, 1.54) is 36.0 Å². The fraction of sp³-hybridized carbons (Fsp3) is 0.0476. The van der Waals surface area contributed by atoms with E-state index in [4.69, 9.17) is 0 Å². The van der Waals surface area contributed by atoms with Crippen molar-refractivity contribution in [2.45, 2.75) is 5.16 Å². The number of benzene rings is 2. The van der Waals surface area contributed by atoms with E-state index in [2.05, 4.69) is 15.2 Å². The van der Waals surface area contributed by atoms with E-state index in [0.29, 0.717) is 16.5 Å². The first-order valence-electron chi connectivity index (χ1n) is 8.55. The van der Waals surface area contributed by atoms with Crippen LogP contribution in [0.25, 0.3) is 17.1 Å². The maximum absolute atomic E-state index is 13.1. The zero-order valence-electron chi connectivity index (χ0n) is 14.7. The summed E-state index contributed by atoms with van der Waals surface area (Å²) in [6.45, 7) is 0. The van der Waals surface area contributed by atoms with Crippen LogP contribution in [0.1, 0.15) is 10.4 Å². The molecule has 4 rings (SSSR count). The Morgan fingerprint density at radius 1 is 0.964 bits per heavy atom. The molecule has 4 aromatic rings. The number of rotatable bonds is 6. The molecule has 0 radical (unpaired) electrons. The molecule has 28 heavy (non-hydrogen) atoms. The van der Waals surface area contributed by atoms with Crippen molar-refractivity contribution in [3.05, 3.63) is 90.5 Å². The summed E-state index contributed by atoms with van der Waals surface area (Å²) in [6.07, 6.45) is 3.42. The van der Waals surface area contributed by atoms with Gasteiger partial charge in [0.1, 0.15) is 5.82 Å². The molecule has 0 aliphatic heterocycles. The Morgan fingerprint density at radius 3 is 2.46 bits per heavy atom. The highest BCUT2D eigenvalue weighted by molar-refractivity contribution is 7.99. The van der Waals surface area contributed by atoms with Gasteiger partial charge in [0.15, 0.2) is 16.8 Å². The predicted octanol–water partition coefficient (Wildman–Crippen LogP) is 4.44. The molecule has 0 N–H and O–H groups in total. The van der Waals surface area contributed by atoms with Crippen molar-refractivity contribution in [3.63, 3.8) is 0 Å². The van der Waals surface area contributed by atoms with Crippen LogP contribution in [0.3, 0.4) is 0 Å². The van der Waals surface area contributed by atoms with Gasteiger partial charge >= 0.3 is 0 Å². The largest absolute Gasteiger partial charge is 0.293 e. The molecule has 0 unspecified atom stereocenters. The van der Waals surface area contributed by atoms with Gasteiger partial charge in [-0.15, -0.1) is 10.2 Å². The minimum atomic E-state index is -0.367. The summed E-state index contributed by atoms with van der Waals surface area (Å²) in [5, 5.41) is 9.20. The van der Waals surface area contributed by atoms with Crippen LogP contribution in [0.5, 0.6) is 0 Å². The number of ketones is 1. The number of Topliss-reactive ketones (excluding diaryl/α,β-unsaturated/α-hetero) is 1. The Hall–Kier alpha value is -3.32. The highest BCUT2D eigenvalue weighted by atomic mass is 32.2. The van der Waals surface area contributed by atoms with Crippen LogP contribution in [0, 0.1) is 5.82 Å². The third kappa shape index (κ3) is 3.84.